The first-order valence-corrected chi connectivity index (χ1v) is 10.1. The van der Waals surface area contributed by atoms with Gasteiger partial charge in [0.2, 0.25) is 5.91 Å². The summed E-state index contributed by atoms with van der Waals surface area (Å²) in [5, 5.41) is 0. The van der Waals surface area contributed by atoms with Crippen molar-refractivity contribution in [2.24, 2.45) is 11.7 Å². The average molecular weight is 326 g/mol. The van der Waals surface area contributed by atoms with E-state index in [1.54, 1.807) is 0 Å². The maximum atomic E-state index is 10.6. The van der Waals surface area contributed by atoms with E-state index in [1.165, 1.54) is 83.5 Å². The van der Waals surface area contributed by atoms with E-state index in [2.05, 4.69) is 0 Å². The summed E-state index contributed by atoms with van der Waals surface area (Å²) in [7, 11) is 0. The van der Waals surface area contributed by atoms with Crippen LogP contribution >= 0.6 is 0 Å². The second-order valence-corrected chi connectivity index (χ2v) is 7.36. The van der Waals surface area contributed by atoms with Crippen molar-refractivity contribution in [3.05, 3.63) is 0 Å². The van der Waals surface area contributed by atoms with Crippen molar-refractivity contribution in [3.8, 4) is 0 Å². The minimum absolute atomic E-state index is 0.155. The van der Waals surface area contributed by atoms with Gasteiger partial charge in [0.15, 0.2) is 0 Å². The number of amides is 1. The zero-order chi connectivity index (χ0) is 16.6. The second kappa shape index (κ2) is 15.0. The summed E-state index contributed by atoms with van der Waals surface area (Å²) < 4.78 is 5.20. The summed E-state index contributed by atoms with van der Waals surface area (Å²) in [5.74, 6) is 0.733. The van der Waals surface area contributed by atoms with Crippen molar-refractivity contribution >= 4 is 5.91 Å². The highest BCUT2D eigenvalue weighted by atomic mass is 16.5. The molecule has 3 heteroatoms. The van der Waals surface area contributed by atoms with E-state index in [0.29, 0.717) is 6.42 Å². The summed E-state index contributed by atoms with van der Waals surface area (Å²) in [6, 6.07) is 0. The molecule has 1 aliphatic heterocycles. The van der Waals surface area contributed by atoms with Crippen LogP contribution in [0.25, 0.3) is 0 Å². The molecule has 0 unspecified atom stereocenters. The smallest absolute Gasteiger partial charge is 0.217 e. The third-order valence-electron chi connectivity index (χ3n) is 4.99. The first-order valence-electron chi connectivity index (χ1n) is 10.1. The van der Waals surface area contributed by atoms with E-state index in [1.807, 2.05) is 0 Å². The van der Waals surface area contributed by atoms with Gasteiger partial charge in [0, 0.05) is 12.3 Å². The number of primary amides is 1. The molecular weight excluding hydrogens is 286 g/mol. The van der Waals surface area contributed by atoms with Gasteiger partial charge in [-0.3, -0.25) is 4.79 Å². The quantitative estimate of drug-likeness (QED) is 0.366. The van der Waals surface area contributed by atoms with Crippen molar-refractivity contribution in [3.63, 3.8) is 0 Å². The molecule has 0 radical (unpaired) electrons. The van der Waals surface area contributed by atoms with Gasteiger partial charge in [0.25, 0.3) is 0 Å². The number of unbranched alkanes of at least 4 members (excludes halogenated alkanes) is 13. The largest absolute Gasteiger partial charge is 0.381 e. The maximum absolute atomic E-state index is 10.6. The zero-order valence-corrected chi connectivity index (χ0v) is 15.2. The molecule has 23 heavy (non-hydrogen) atoms. The molecule has 1 saturated heterocycles. The van der Waals surface area contributed by atoms with Crippen LogP contribution in [0.1, 0.15) is 103 Å². The predicted octanol–water partition coefficient (Wildman–Crippen LogP) is 5.36. The number of ether oxygens (including phenoxy) is 1. The summed E-state index contributed by atoms with van der Waals surface area (Å²) in [5.41, 5.74) is 5.12. The van der Waals surface area contributed by atoms with Crippen LogP contribution in [0.15, 0.2) is 0 Å². The molecule has 1 aliphatic rings. The Balaban J connectivity index is 1.63. The number of rotatable bonds is 17. The fraction of sp³-hybridized carbons (Fsp3) is 0.950. The lowest BCUT2D eigenvalue weighted by Crippen LogP contribution is -2.27. The van der Waals surface area contributed by atoms with Crippen molar-refractivity contribution < 1.29 is 9.53 Å². The first-order chi connectivity index (χ1) is 11.3. The number of carbonyl (C=O) groups excluding carboxylic acids is 1. The topological polar surface area (TPSA) is 52.3 Å². The molecule has 0 spiro atoms. The van der Waals surface area contributed by atoms with Gasteiger partial charge in [-0.2, -0.15) is 0 Å². The minimum Gasteiger partial charge on any atom is -0.381 e. The van der Waals surface area contributed by atoms with Gasteiger partial charge in [-0.25, -0.2) is 0 Å². The average Bonchev–Trinajstić information content (AvgIpc) is 2.48. The van der Waals surface area contributed by atoms with E-state index in [0.717, 1.165) is 32.0 Å². The van der Waals surface area contributed by atoms with Crippen molar-refractivity contribution in [2.45, 2.75) is 103 Å². The molecule has 0 bridgehead atoms. The normalized spacial score (nSPS) is 14.8. The van der Waals surface area contributed by atoms with Crippen LogP contribution in [0.3, 0.4) is 0 Å². The van der Waals surface area contributed by atoms with Gasteiger partial charge >= 0.3 is 0 Å². The second-order valence-electron chi connectivity index (χ2n) is 7.36. The van der Waals surface area contributed by atoms with Crippen molar-refractivity contribution in [1.82, 2.24) is 0 Å². The number of nitrogens with two attached hydrogens (primary N) is 1. The van der Waals surface area contributed by atoms with Gasteiger partial charge in [-0.15, -0.1) is 0 Å². The van der Waals surface area contributed by atoms with Crippen LogP contribution in [-0.2, 0) is 9.53 Å². The Morgan fingerprint density at radius 2 is 1.09 bits per heavy atom. The molecule has 136 valence electrons. The summed E-state index contributed by atoms with van der Waals surface area (Å²) in [4.78, 5) is 10.6. The van der Waals surface area contributed by atoms with E-state index in [9.17, 15) is 4.79 Å². The molecule has 0 saturated carbocycles. The summed E-state index contributed by atoms with van der Waals surface area (Å²) in [6.07, 6.45) is 20.8. The molecule has 3 nitrogen and oxygen atoms in total. The van der Waals surface area contributed by atoms with Crippen LogP contribution in [-0.4, -0.2) is 19.1 Å². The Bertz CT molecular complexity index is 277. The van der Waals surface area contributed by atoms with E-state index in [-0.39, 0.29) is 5.91 Å². The highest BCUT2D eigenvalue weighted by molar-refractivity contribution is 5.73. The van der Waals surface area contributed by atoms with Crippen LogP contribution in [0.5, 0.6) is 0 Å². The molecule has 1 heterocycles. The van der Waals surface area contributed by atoms with Crippen LogP contribution in [0.2, 0.25) is 0 Å². The van der Waals surface area contributed by atoms with Gasteiger partial charge in [-0.05, 0) is 12.8 Å². The molecule has 2 N–H and O–H groups in total. The zero-order valence-electron chi connectivity index (χ0n) is 15.2. The van der Waals surface area contributed by atoms with Gasteiger partial charge in [0.1, 0.15) is 0 Å². The Morgan fingerprint density at radius 3 is 1.43 bits per heavy atom. The molecule has 0 aromatic carbocycles. The monoisotopic (exact) mass is 325 g/mol. The summed E-state index contributed by atoms with van der Waals surface area (Å²) >= 11 is 0. The fourth-order valence-electron chi connectivity index (χ4n) is 3.30. The molecule has 0 aliphatic carbocycles. The number of carbonyl (C=O) groups is 1. The Labute approximate surface area is 143 Å². The Kier molecular flexibility index (Phi) is 13.3. The lowest BCUT2D eigenvalue weighted by Gasteiger charge is -2.25. The van der Waals surface area contributed by atoms with Crippen molar-refractivity contribution in [2.75, 3.05) is 13.2 Å². The SMILES string of the molecule is NC(=O)CCCCCCCCCCCCCCCCC1COC1. The third kappa shape index (κ3) is 13.6. The van der Waals surface area contributed by atoms with E-state index in [4.69, 9.17) is 10.5 Å². The molecule has 0 atom stereocenters. The first kappa shape index (κ1) is 20.5. The molecule has 0 aromatic rings. The van der Waals surface area contributed by atoms with E-state index < -0.39 is 0 Å². The lowest BCUT2D eigenvalue weighted by atomic mass is 9.98. The molecule has 0 aromatic heterocycles. The lowest BCUT2D eigenvalue weighted by molar-refractivity contribution is -0.118. The highest BCUT2D eigenvalue weighted by Gasteiger charge is 2.16. The van der Waals surface area contributed by atoms with Crippen molar-refractivity contribution in [1.29, 1.82) is 0 Å². The Hall–Kier alpha value is -0.570. The van der Waals surface area contributed by atoms with Gasteiger partial charge < -0.3 is 10.5 Å². The summed E-state index contributed by atoms with van der Waals surface area (Å²) in [6.45, 7) is 2.04. The fourth-order valence-corrected chi connectivity index (χ4v) is 3.30. The molecular formula is C20H39NO2. The van der Waals surface area contributed by atoms with Gasteiger partial charge in [0.05, 0.1) is 13.2 Å². The van der Waals surface area contributed by atoms with Gasteiger partial charge in [-0.1, -0.05) is 83.5 Å². The number of hydrogen-bond donors (Lipinski definition) is 1. The third-order valence-corrected chi connectivity index (χ3v) is 4.99. The molecule has 1 amide bonds. The number of hydrogen-bond acceptors (Lipinski definition) is 2. The maximum Gasteiger partial charge on any atom is 0.217 e. The van der Waals surface area contributed by atoms with Crippen LogP contribution < -0.4 is 5.73 Å². The highest BCUT2D eigenvalue weighted by Crippen LogP contribution is 2.19. The Morgan fingerprint density at radius 1 is 0.696 bits per heavy atom. The molecule has 1 rings (SSSR count). The van der Waals surface area contributed by atoms with Crippen LogP contribution in [0, 0.1) is 5.92 Å². The van der Waals surface area contributed by atoms with Crippen LogP contribution in [0.4, 0.5) is 0 Å². The molecule has 1 fully saturated rings. The minimum atomic E-state index is -0.155. The van der Waals surface area contributed by atoms with E-state index >= 15 is 0 Å². The predicted molar refractivity (Wildman–Crippen MR) is 97.4 cm³/mol. The standard InChI is InChI=1S/C20H39NO2/c21-20(22)16-14-12-10-8-6-4-2-1-3-5-7-9-11-13-15-19-17-23-18-19/h19H,1-18H2,(H2,21,22).